The van der Waals surface area contributed by atoms with Crippen LogP contribution in [0.5, 0.6) is 0 Å². The predicted octanol–water partition coefficient (Wildman–Crippen LogP) is 4.11. The molecule has 0 bridgehead atoms. The van der Waals surface area contributed by atoms with Crippen molar-refractivity contribution < 1.29 is 10.2 Å². The van der Waals surface area contributed by atoms with Crippen molar-refractivity contribution in [3.05, 3.63) is 71.3 Å². The SMILES string of the molecule is OC(Cc1cccc(C2(O)CCCCC2)c1)c1ccccc1. The second kappa shape index (κ2) is 6.64. The van der Waals surface area contributed by atoms with Crippen molar-refractivity contribution >= 4 is 0 Å². The van der Waals surface area contributed by atoms with Crippen LogP contribution in [0.4, 0.5) is 0 Å². The van der Waals surface area contributed by atoms with Crippen LogP contribution in [0.2, 0.25) is 0 Å². The van der Waals surface area contributed by atoms with E-state index in [9.17, 15) is 10.2 Å². The second-order valence-electron chi connectivity index (χ2n) is 6.42. The van der Waals surface area contributed by atoms with Gasteiger partial charge in [-0.05, 0) is 29.5 Å². The Kier molecular flexibility index (Phi) is 4.60. The lowest BCUT2D eigenvalue weighted by molar-refractivity contribution is -0.000733. The first-order valence-electron chi connectivity index (χ1n) is 8.22. The molecule has 2 aromatic carbocycles. The molecule has 1 fully saturated rings. The monoisotopic (exact) mass is 296 g/mol. The zero-order chi connectivity index (χ0) is 15.4. The Morgan fingerprint density at radius 2 is 1.64 bits per heavy atom. The van der Waals surface area contributed by atoms with Gasteiger partial charge < -0.3 is 10.2 Å². The van der Waals surface area contributed by atoms with E-state index in [2.05, 4.69) is 6.07 Å². The molecule has 1 aliphatic carbocycles. The number of rotatable bonds is 4. The minimum Gasteiger partial charge on any atom is -0.388 e. The van der Waals surface area contributed by atoms with Crippen LogP contribution >= 0.6 is 0 Å². The zero-order valence-electron chi connectivity index (χ0n) is 12.9. The topological polar surface area (TPSA) is 40.5 Å². The fraction of sp³-hybridized carbons (Fsp3) is 0.400. The van der Waals surface area contributed by atoms with E-state index in [1.165, 1.54) is 6.42 Å². The molecule has 0 aliphatic heterocycles. The van der Waals surface area contributed by atoms with Gasteiger partial charge in [-0.15, -0.1) is 0 Å². The third-order valence-electron chi connectivity index (χ3n) is 4.76. The maximum atomic E-state index is 10.9. The zero-order valence-corrected chi connectivity index (χ0v) is 12.9. The molecule has 22 heavy (non-hydrogen) atoms. The summed E-state index contributed by atoms with van der Waals surface area (Å²) in [5, 5.41) is 21.2. The number of aliphatic hydroxyl groups excluding tert-OH is 1. The molecule has 0 spiro atoms. The van der Waals surface area contributed by atoms with Gasteiger partial charge >= 0.3 is 0 Å². The molecule has 2 heteroatoms. The van der Waals surface area contributed by atoms with Gasteiger partial charge in [-0.1, -0.05) is 73.9 Å². The molecular weight excluding hydrogens is 272 g/mol. The molecule has 0 heterocycles. The van der Waals surface area contributed by atoms with Gasteiger partial charge in [0.1, 0.15) is 0 Å². The number of hydrogen-bond acceptors (Lipinski definition) is 2. The lowest BCUT2D eigenvalue weighted by atomic mass is 9.79. The summed E-state index contributed by atoms with van der Waals surface area (Å²) in [4.78, 5) is 0. The molecule has 0 aromatic heterocycles. The smallest absolute Gasteiger partial charge is 0.0896 e. The Morgan fingerprint density at radius 1 is 0.909 bits per heavy atom. The first-order valence-corrected chi connectivity index (χ1v) is 8.22. The molecule has 1 atom stereocenters. The summed E-state index contributed by atoms with van der Waals surface area (Å²) in [6.07, 6.45) is 5.16. The molecule has 2 aromatic rings. The summed E-state index contributed by atoms with van der Waals surface area (Å²) in [7, 11) is 0. The van der Waals surface area contributed by atoms with Crippen molar-refractivity contribution in [1.82, 2.24) is 0 Å². The Morgan fingerprint density at radius 3 is 2.36 bits per heavy atom. The summed E-state index contributed by atoms with van der Waals surface area (Å²) >= 11 is 0. The maximum absolute atomic E-state index is 10.9. The van der Waals surface area contributed by atoms with Gasteiger partial charge in [0.2, 0.25) is 0 Å². The van der Waals surface area contributed by atoms with Crippen molar-refractivity contribution in [2.24, 2.45) is 0 Å². The quantitative estimate of drug-likeness (QED) is 0.891. The van der Waals surface area contributed by atoms with Crippen molar-refractivity contribution in [1.29, 1.82) is 0 Å². The largest absolute Gasteiger partial charge is 0.388 e. The van der Waals surface area contributed by atoms with Crippen LogP contribution in [-0.2, 0) is 12.0 Å². The van der Waals surface area contributed by atoms with Crippen LogP contribution in [0.1, 0.15) is 54.9 Å². The minimum atomic E-state index is -0.675. The van der Waals surface area contributed by atoms with Crippen molar-refractivity contribution in [3.63, 3.8) is 0 Å². The molecule has 2 nitrogen and oxygen atoms in total. The highest BCUT2D eigenvalue weighted by atomic mass is 16.3. The molecule has 0 saturated heterocycles. The van der Waals surface area contributed by atoms with Gasteiger partial charge in [0.05, 0.1) is 11.7 Å². The molecule has 1 unspecified atom stereocenters. The van der Waals surface area contributed by atoms with E-state index in [0.29, 0.717) is 6.42 Å². The van der Waals surface area contributed by atoms with Crippen molar-refractivity contribution in [3.8, 4) is 0 Å². The Balaban J connectivity index is 1.76. The third-order valence-corrected chi connectivity index (χ3v) is 4.76. The molecule has 2 N–H and O–H groups in total. The van der Waals surface area contributed by atoms with E-state index >= 15 is 0 Å². The molecule has 1 saturated carbocycles. The fourth-order valence-electron chi connectivity index (χ4n) is 3.43. The minimum absolute atomic E-state index is 0.502. The van der Waals surface area contributed by atoms with E-state index in [0.717, 1.165) is 42.4 Å². The van der Waals surface area contributed by atoms with Crippen LogP contribution < -0.4 is 0 Å². The summed E-state index contributed by atoms with van der Waals surface area (Å²) in [5.74, 6) is 0. The molecule has 0 radical (unpaired) electrons. The van der Waals surface area contributed by atoms with Crippen LogP contribution in [-0.4, -0.2) is 10.2 Å². The highest BCUT2D eigenvalue weighted by molar-refractivity contribution is 5.30. The normalized spacial score (nSPS) is 18.8. The van der Waals surface area contributed by atoms with Crippen molar-refractivity contribution in [2.45, 2.75) is 50.2 Å². The first kappa shape index (κ1) is 15.3. The van der Waals surface area contributed by atoms with E-state index < -0.39 is 11.7 Å². The predicted molar refractivity (Wildman–Crippen MR) is 88.5 cm³/mol. The van der Waals surface area contributed by atoms with Crippen LogP contribution in [0.3, 0.4) is 0 Å². The van der Waals surface area contributed by atoms with E-state index in [4.69, 9.17) is 0 Å². The fourth-order valence-corrected chi connectivity index (χ4v) is 3.43. The Labute approximate surface area is 132 Å². The number of benzene rings is 2. The van der Waals surface area contributed by atoms with Gasteiger partial charge in [0, 0.05) is 6.42 Å². The van der Waals surface area contributed by atoms with E-state index in [1.807, 2.05) is 48.5 Å². The average molecular weight is 296 g/mol. The average Bonchev–Trinajstić information content (AvgIpc) is 2.57. The van der Waals surface area contributed by atoms with Crippen molar-refractivity contribution in [2.75, 3.05) is 0 Å². The van der Waals surface area contributed by atoms with Crippen LogP contribution in [0.15, 0.2) is 54.6 Å². The van der Waals surface area contributed by atoms with Gasteiger partial charge in [-0.2, -0.15) is 0 Å². The maximum Gasteiger partial charge on any atom is 0.0896 e. The Hall–Kier alpha value is -1.64. The van der Waals surface area contributed by atoms with E-state index in [-0.39, 0.29) is 0 Å². The van der Waals surface area contributed by atoms with E-state index in [1.54, 1.807) is 0 Å². The standard InChI is InChI=1S/C20H24O2/c21-19(17-9-3-1-4-10-17)15-16-8-7-11-18(14-16)20(22)12-5-2-6-13-20/h1,3-4,7-11,14,19,21-22H,2,5-6,12-13,15H2. The van der Waals surface area contributed by atoms with Gasteiger partial charge in [0.25, 0.3) is 0 Å². The van der Waals surface area contributed by atoms with Crippen LogP contribution in [0.25, 0.3) is 0 Å². The number of aliphatic hydroxyl groups is 2. The summed E-state index contributed by atoms with van der Waals surface area (Å²) < 4.78 is 0. The lowest BCUT2D eigenvalue weighted by Gasteiger charge is -2.33. The molecule has 116 valence electrons. The molecule has 3 rings (SSSR count). The summed E-state index contributed by atoms with van der Waals surface area (Å²) in [5.41, 5.74) is 2.34. The third kappa shape index (κ3) is 3.40. The van der Waals surface area contributed by atoms with Gasteiger partial charge in [0.15, 0.2) is 0 Å². The lowest BCUT2D eigenvalue weighted by Crippen LogP contribution is -2.28. The van der Waals surface area contributed by atoms with Gasteiger partial charge in [-0.3, -0.25) is 0 Å². The molecule has 0 amide bonds. The number of hydrogen-bond donors (Lipinski definition) is 2. The summed E-state index contributed by atoms with van der Waals surface area (Å²) in [6, 6.07) is 17.8. The second-order valence-corrected chi connectivity index (χ2v) is 6.42. The highest BCUT2D eigenvalue weighted by Gasteiger charge is 2.31. The van der Waals surface area contributed by atoms with Gasteiger partial charge in [-0.25, -0.2) is 0 Å². The molecule has 1 aliphatic rings. The summed E-state index contributed by atoms with van der Waals surface area (Å²) in [6.45, 7) is 0. The van der Waals surface area contributed by atoms with Crippen LogP contribution in [0, 0.1) is 0 Å². The highest BCUT2D eigenvalue weighted by Crippen LogP contribution is 2.37. The molecular formula is C20H24O2. The first-order chi connectivity index (χ1) is 10.7. The Bertz CT molecular complexity index is 600.